The van der Waals surface area contributed by atoms with Gasteiger partial charge in [0.25, 0.3) is 11.7 Å². The van der Waals surface area contributed by atoms with E-state index in [0.717, 1.165) is 5.56 Å². The number of amides is 1. The summed E-state index contributed by atoms with van der Waals surface area (Å²) in [5.74, 6) is -0.668. The summed E-state index contributed by atoms with van der Waals surface area (Å²) in [6.45, 7) is 2.02. The van der Waals surface area contributed by atoms with Crippen LogP contribution in [0, 0.1) is 0 Å². The molecule has 3 aromatic rings. The van der Waals surface area contributed by atoms with Gasteiger partial charge in [-0.05, 0) is 42.8 Å². The van der Waals surface area contributed by atoms with Crippen LogP contribution in [0.4, 0.5) is 0 Å². The maximum absolute atomic E-state index is 13.2. The molecular weight excluding hydrogens is 510 g/mol. The second-order valence-corrected chi connectivity index (χ2v) is 8.87. The van der Waals surface area contributed by atoms with Gasteiger partial charge in [0, 0.05) is 22.7 Å². The minimum atomic E-state index is -0.945. The molecule has 1 aliphatic rings. The van der Waals surface area contributed by atoms with Gasteiger partial charge in [-0.15, -0.1) is 0 Å². The van der Waals surface area contributed by atoms with Crippen LogP contribution in [0.5, 0.6) is 17.2 Å². The molecule has 0 aliphatic carbocycles. The summed E-state index contributed by atoms with van der Waals surface area (Å²) in [6.07, 6.45) is 0. The van der Waals surface area contributed by atoms with Gasteiger partial charge in [0.2, 0.25) is 0 Å². The van der Waals surface area contributed by atoms with Crippen LogP contribution in [0.3, 0.4) is 0 Å². The second kappa shape index (κ2) is 12.0. The standard InChI is InChI=1S/C29H28ClNO7/c1-3-37-23-12-11-18(16-24(23)36-2)26-25(28(34)29(35)31(26)13-14-32)27(33)19-8-6-9-21(15-19)38-17-20-7-4-5-10-22(20)30/h4-12,15-16,26,32-33H,3,13-14,17H2,1-2H3/b27-25+. The molecule has 4 rings (SSSR count). The van der Waals surface area contributed by atoms with E-state index in [1.165, 1.54) is 12.0 Å². The maximum atomic E-state index is 13.2. The summed E-state index contributed by atoms with van der Waals surface area (Å²) >= 11 is 6.21. The number of hydrogen-bond donors (Lipinski definition) is 2. The van der Waals surface area contributed by atoms with Crippen molar-refractivity contribution in [2.24, 2.45) is 0 Å². The highest BCUT2D eigenvalue weighted by molar-refractivity contribution is 6.46. The molecule has 0 radical (unpaired) electrons. The lowest BCUT2D eigenvalue weighted by Crippen LogP contribution is -2.32. The summed E-state index contributed by atoms with van der Waals surface area (Å²) in [7, 11) is 1.49. The third-order valence-corrected chi connectivity index (χ3v) is 6.51. The van der Waals surface area contributed by atoms with Crippen molar-refractivity contribution in [3.8, 4) is 17.2 Å². The Morgan fingerprint density at radius 1 is 1.00 bits per heavy atom. The fraction of sp³-hybridized carbons (Fsp3) is 0.241. The number of benzene rings is 3. The first-order chi connectivity index (χ1) is 18.4. The molecule has 1 fully saturated rings. The molecule has 0 spiro atoms. The molecule has 2 N–H and O–H groups in total. The number of Topliss-reactive ketones (excluding diaryl/α,β-unsaturated/α-hetero) is 1. The minimum Gasteiger partial charge on any atom is -0.507 e. The normalized spacial score (nSPS) is 16.5. The zero-order chi connectivity index (χ0) is 27.2. The number of ketones is 1. The Balaban J connectivity index is 1.74. The molecule has 0 saturated carbocycles. The molecule has 0 aromatic heterocycles. The van der Waals surface area contributed by atoms with E-state index in [1.54, 1.807) is 48.5 Å². The van der Waals surface area contributed by atoms with E-state index in [2.05, 4.69) is 0 Å². The van der Waals surface area contributed by atoms with Crippen molar-refractivity contribution in [2.45, 2.75) is 19.6 Å². The number of methoxy groups -OCH3 is 1. The Kier molecular flexibility index (Phi) is 8.55. The number of ether oxygens (including phenoxy) is 3. The van der Waals surface area contributed by atoms with E-state index in [9.17, 15) is 19.8 Å². The number of rotatable bonds is 10. The van der Waals surface area contributed by atoms with Crippen LogP contribution in [-0.2, 0) is 16.2 Å². The highest BCUT2D eigenvalue weighted by Crippen LogP contribution is 2.42. The van der Waals surface area contributed by atoms with Crippen LogP contribution in [0.15, 0.2) is 72.3 Å². The largest absolute Gasteiger partial charge is 0.507 e. The van der Waals surface area contributed by atoms with E-state index in [-0.39, 0.29) is 31.1 Å². The van der Waals surface area contributed by atoms with Crippen LogP contribution < -0.4 is 14.2 Å². The fourth-order valence-corrected chi connectivity index (χ4v) is 4.55. The molecule has 9 heteroatoms. The van der Waals surface area contributed by atoms with Crippen molar-refractivity contribution in [2.75, 3.05) is 26.9 Å². The molecule has 1 amide bonds. The van der Waals surface area contributed by atoms with Gasteiger partial charge in [0.15, 0.2) is 11.5 Å². The van der Waals surface area contributed by atoms with E-state index in [0.29, 0.717) is 40.0 Å². The number of β-amino-alcohol motifs (C(OH)–C–C–N with tert-alkyl or cyclic N) is 1. The molecule has 1 atom stereocenters. The lowest BCUT2D eigenvalue weighted by molar-refractivity contribution is -0.140. The summed E-state index contributed by atoms with van der Waals surface area (Å²) in [4.78, 5) is 27.3. The summed E-state index contributed by atoms with van der Waals surface area (Å²) in [5.41, 5.74) is 1.51. The van der Waals surface area contributed by atoms with Crippen LogP contribution in [-0.4, -0.2) is 53.7 Å². The lowest BCUT2D eigenvalue weighted by atomic mass is 9.95. The molecule has 1 unspecified atom stereocenters. The minimum absolute atomic E-state index is 0.0947. The SMILES string of the molecule is CCOc1ccc(C2/C(=C(\O)c3cccc(OCc4ccccc4Cl)c3)C(=O)C(=O)N2CCO)cc1OC. The summed E-state index contributed by atoms with van der Waals surface area (Å²) in [5, 5.41) is 21.5. The number of aliphatic hydroxyl groups is 2. The number of carbonyl (C=O) groups is 2. The third kappa shape index (κ3) is 5.46. The van der Waals surface area contributed by atoms with Crippen LogP contribution in [0.25, 0.3) is 5.76 Å². The van der Waals surface area contributed by atoms with Gasteiger partial charge in [-0.2, -0.15) is 0 Å². The molecule has 38 heavy (non-hydrogen) atoms. The maximum Gasteiger partial charge on any atom is 0.295 e. The molecule has 1 aliphatic heterocycles. The predicted molar refractivity (Wildman–Crippen MR) is 142 cm³/mol. The average molecular weight is 538 g/mol. The first-order valence-electron chi connectivity index (χ1n) is 12.1. The number of halogens is 1. The van der Waals surface area contributed by atoms with E-state index < -0.39 is 17.7 Å². The summed E-state index contributed by atoms with van der Waals surface area (Å²) in [6, 6.07) is 18.0. The predicted octanol–water partition coefficient (Wildman–Crippen LogP) is 4.74. The van der Waals surface area contributed by atoms with Crippen LogP contribution in [0.1, 0.15) is 29.7 Å². The average Bonchev–Trinajstić information content (AvgIpc) is 3.18. The van der Waals surface area contributed by atoms with E-state index in [4.69, 9.17) is 25.8 Å². The van der Waals surface area contributed by atoms with Gasteiger partial charge >= 0.3 is 0 Å². The number of nitrogens with zero attached hydrogens (tertiary/aromatic N) is 1. The molecular formula is C29H28ClNO7. The summed E-state index contributed by atoms with van der Waals surface area (Å²) < 4.78 is 16.9. The highest BCUT2D eigenvalue weighted by Gasteiger charge is 2.46. The molecule has 198 valence electrons. The van der Waals surface area contributed by atoms with Gasteiger partial charge in [0.1, 0.15) is 18.1 Å². The van der Waals surface area contributed by atoms with E-state index >= 15 is 0 Å². The Bertz CT molecular complexity index is 1370. The van der Waals surface area contributed by atoms with Crippen LogP contribution >= 0.6 is 11.6 Å². The Morgan fingerprint density at radius 2 is 1.79 bits per heavy atom. The molecule has 8 nitrogen and oxygen atoms in total. The van der Waals surface area contributed by atoms with Crippen LogP contribution in [0.2, 0.25) is 5.02 Å². The number of aliphatic hydroxyl groups excluding tert-OH is 2. The van der Waals surface area contributed by atoms with Gasteiger partial charge in [-0.1, -0.05) is 48.0 Å². The van der Waals surface area contributed by atoms with Crippen molar-refractivity contribution < 1.29 is 34.0 Å². The number of hydrogen-bond acceptors (Lipinski definition) is 7. The molecule has 1 heterocycles. The van der Waals surface area contributed by atoms with Crippen molar-refractivity contribution >= 4 is 29.1 Å². The van der Waals surface area contributed by atoms with Crippen molar-refractivity contribution in [1.82, 2.24) is 4.90 Å². The second-order valence-electron chi connectivity index (χ2n) is 8.47. The Labute approximate surface area is 225 Å². The van der Waals surface area contributed by atoms with Crippen molar-refractivity contribution in [3.63, 3.8) is 0 Å². The zero-order valence-electron chi connectivity index (χ0n) is 21.0. The van der Waals surface area contributed by atoms with Gasteiger partial charge in [-0.3, -0.25) is 9.59 Å². The quantitative estimate of drug-likeness (QED) is 0.218. The first-order valence-corrected chi connectivity index (χ1v) is 12.4. The smallest absolute Gasteiger partial charge is 0.295 e. The highest BCUT2D eigenvalue weighted by atomic mass is 35.5. The zero-order valence-corrected chi connectivity index (χ0v) is 21.8. The Hall–Kier alpha value is -4.01. The lowest BCUT2D eigenvalue weighted by Gasteiger charge is -2.25. The number of likely N-dealkylation sites (tertiary alicyclic amines) is 1. The fourth-order valence-electron chi connectivity index (χ4n) is 4.36. The van der Waals surface area contributed by atoms with Gasteiger partial charge in [0.05, 0.1) is 31.9 Å². The van der Waals surface area contributed by atoms with Gasteiger partial charge in [-0.25, -0.2) is 0 Å². The first kappa shape index (κ1) is 27.0. The van der Waals surface area contributed by atoms with Gasteiger partial charge < -0.3 is 29.3 Å². The van der Waals surface area contributed by atoms with E-state index in [1.807, 2.05) is 25.1 Å². The number of carbonyl (C=O) groups excluding carboxylic acids is 2. The topological polar surface area (TPSA) is 106 Å². The van der Waals surface area contributed by atoms with Crippen molar-refractivity contribution in [1.29, 1.82) is 0 Å². The Morgan fingerprint density at radius 3 is 2.50 bits per heavy atom. The molecule has 3 aromatic carbocycles. The molecule has 0 bridgehead atoms. The van der Waals surface area contributed by atoms with Crippen molar-refractivity contribution in [3.05, 3.63) is 94.0 Å². The molecule has 1 saturated heterocycles. The third-order valence-electron chi connectivity index (χ3n) is 6.14. The monoisotopic (exact) mass is 537 g/mol.